The Kier molecular flexibility index (Phi) is 6.64. The minimum absolute atomic E-state index is 0.0992. The van der Waals surface area contributed by atoms with Gasteiger partial charge in [-0.05, 0) is 60.0 Å². The van der Waals surface area contributed by atoms with E-state index in [-0.39, 0.29) is 23.9 Å². The van der Waals surface area contributed by atoms with Crippen molar-refractivity contribution in [3.63, 3.8) is 0 Å². The van der Waals surface area contributed by atoms with Crippen LogP contribution >= 0.6 is 15.9 Å². The number of fused-ring (bicyclic) bond motifs is 1. The van der Waals surface area contributed by atoms with Crippen molar-refractivity contribution in [2.75, 3.05) is 25.1 Å². The number of benzene rings is 3. The normalized spacial score (nSPS) is 13.3. The molecule has 3 aromatic rings. The third-order valence-electron chi connectivity index (χ3n) is 5.45. The van der Waals surface area contributed by atoms with E-state index in [1.54, 1.807) is 17.0 Å². The third-order valence-corrected chi connectivity index (χ3v) is 7.75. The zero-order valence-electron chi connectivity index (χ0n) is 17.6. The summed E-state index contributed by atoms with van der Waals surface area (Å²) in [6, 6.07) is 21.3. The monoisotopic (exact) mass is 514 g/mol. The summed E-state index contributed by atoms with van der Waals surface area (Å²) in [7, 11) is -2.39. The van der Waals surface area contributed by atoms with Crippen molar-refractivity contribution in [2.24, 2.45) is 0 Å². The zero-order valence-corrected chi connectivity index (χ0v) is 20.0. The van der Waals surface area contributed by atoms with E-state index in [0.717, 1.165) is 27.7 Å². The van der Waals surface area contributed by atoms with Gasteiger partial charge in [-0.15, -0.1) is 0 Å². The average molecular weight is 515 g/mol. The predicted molar refractivity (Wildman–Crippen MR) is 127 cm³/mol. The summed E-state index contributed by atoms with van der Waals surface area (Å²) in [4.78, 5) is 15.0. The van der Waals surface area contributed by atoms with Crippen LogP contribution in [0.2, 0.25) is 0 Å². The summed E-state index contributed by atoms with van der Waals surface area (Å²) >= 11 is 3.46. The minimum Gasteiger partial charge on any atom is -0.497 e. The Morgan fingerprint density at radius 2 is 1.78 bits per heavy atom. The van der Waals surface area contributed by atoms with Crippen molar-refractivity contribution in [1.29, 1.82) is 0 Å². The van der Waals surface area contributed by atoms with E-state index >= 15 is 0 Å². The maximum Gasteiger partial charge on any atom is 0.243 e. The molecule has 6 nitrogen and oxygen atoms in total. The van der Waals surface area contributed by atoms with Crippen LogP contribution in [0.5, 0.6) is 5.75 Å². The minimum atomic E-state index is -3.91. The van der Waals surface area contributed by atoms with Crippen LogP contribution in [0.15, 0.2) is 82.2 Å². The number of hydrogen-bond donors (Lipinski definition) is 0. The SMILES string of the molecule is COc1ccc(S(=O)(=O)N(CC(=O)N2CCc3cc(Br)ccc32)Cc2ccccc2)cc1. The van der Waals surface area contributed by atoms with Gasteiger partial charge in [-0.1, -0.05) is 46.3 Å². The summed E-state index contributed by atoms with van der Waals surface area (Å²) in [6.45, 7) is 0.382. The van der Waals surface area contributed by atoms with Crippen molar-refractivity contribution in [3.8, 4) is 5.75 Å². The van der Waals surface area contributed by atoms with Crippen molar-refractivity contribution in [1.82, 2.24) is 4.31 Å². The van der Waals surface area contributed by atoms with Crippen LogP contribution in [0.4, 0.5) is 5.69 Å². The molecule has 0 saturated heterocycles. The maximum absolute atomic E-state index is 13.5. The Bertz CT molecular complexity index is 1210. The van der Waals surface area contributed by atoms with Crippen molar-refractivity contribution < 1.29 is 17.9 Å². The number of sulfonamides is 1. The molecule has 0 unspecified atom stereocenters. The molecule has 1 aliphatic heterocycles. The van der Waals surface area contributed by atoms with E-state index in [1.807, 2.05) is 48.5 Å². The molecular weight excluding hydrogens is 492 g/mol. The number of nitrogens with zero attached hydrogens (tertiary/aromatic N) is 2. The first-order valence-corrected chi connectivity index (χ1v) is 12.4. The van der Waals surface area contributed by atoms with E-state index in [4.69, 9.17) is 4.74 Å². The summed E-state index contributed by atoms with van der Waals surface area (Å²) in [6.07, 6.45) is 0.741. The highest BCUT2D eigenvalue weighted by Crippen LogP contribution is 2.31. The number of amides is 1. The van der Waals surface area contributed by atoms with Gasteiger partial charge in [0.25, 0.3) is 0 Å². The Balaban J connectivity index is 1.63. The van der Waals surface area contributed by atoms with E-state index in [0.29, 0.717) is 12.3 Å². The van der Waals surface area contributed by atoms with Crippen LogP contribution < -0.4 is 9.64 Å². The quantitative estimate of drug-likeness (QED) is 0.472. The predicted octanol–water partition coefficient (Wildman–Crippen LogP) is 4.24. The first kappa shape index (κ1) is 22.5. The van der Waals surface area contributed by atoms with Crippen LogP contribution in [-0.4, -0.2) is 38.8 Å². The van der Waals surface area contributed by atoms with Crippen molar-refractivity contribution in [3.05, 3.63) is 88.4 Å². The number of carbonyl (C=O) groups is 1. The Labute approximate surface area is 196 Å². The van der Waals surface area contributed by atoms with Crippen molar-refractivity contribution in [2.45, 2.75) is 17.9 Å². The molecule has 1 heterocycles. The molecule has 1 amide bonds. The van der Waals surface area contributed by atoms with E-state index in [2.05, 4.69) is 15.9 Å². The van der Waals surface area contributed by atoms with Gasteiger partial charge in [0.2, 0.25) is 15.9 Å². The third kappa shape index (κ3) is 4.72. The molecule has 0 aliphatic carbocycles. The lowest BCUT2D eigenvalue weighted by Gasteiger charge is -2.25. The molecule has 32 heavy (non-hydrogen) atoms. The Morgan fingerprint density at radius 3 is 2.47 bits per heavy atom. The summed E-state index contributed by atoms with van der Waals surface area (Å²) < 4.78 is 34.3. The molecule has 0 atom stereocenters. The van der Waals surface area contributed by atoms with Gasteiger partial charge in [0.05, 0.1) is 18.6 Å². The Hall–Kier alpha value is -2.68. The number of carbonyl (C=O) groups excluding carboxylic acids is 1. The second-order valence-electron chi connectivity index (χ2n) is 7.50. The zero-order chi connectivity index (χ0) is 22.7. The molecule has 166 valence electrons. The van der Waals surface area contributed by atoms with E-state index in [1.165, 1.54) is 23.5 Å². The lowest BCUT2D eigenvalue weighted by Crippen LogP contribution is -2.42. The highest BCUT2D eigenvalue weighted by molar-refractivity contribution is 9.10. The van der Waals surface area contributed by atoms with Gasteiger partial charge in [0.15, 0.2) is 0 Å². The van der Waals surface area contributed by atoms with Gasteiger partial charge in [0.1, 0.15) is 5.75 Å². The standard InChI is InChI=1S/C24H23BrN2O4S/c1-31-21-8-10-22(11-9-21)32(29,30)26(16-18-5-3-2-4-6-18)17-24(28)27-14-13-19-15-20(25)7-12-23(19)27/h2-12,15H,13-14,16-17H2,1H3. The van der Waals surface area contributed by atoms with Gasteiger partial charge in [0, 0.05) is 23.2 Å². The molecule has 0 N–H and O–H groups in total. The molecule has 0 fully saturated rings. The lowest BCUT2D eigenvalue weighted by atomic mass is 10.2. The van der Waals surface area contributed by atoms with Crippen LogP contribution in [0.3, 0.4) is 0 Å². The number of rotatable bonds is 7. The van der Waals surface area contributed by atoms with Gasteiger partial charge >= 0.3 is 0 Å². The van der Waals surface area contributed by atoms with Crippen LogP contribution in [0.1, 0.15) is 11.1 Å². The molecule has 0 spiro atoms. The summed E-state index contributed by atoms with van der Waals surface area (Å²) in [5, 5.41) is 0. The molecule has 0 aromatic heterocycles. The van der Waals surface area contributed by atoms with Gasteiger partial charge in [-0.2, -0.15) is 4.31 Å². The van der Waals surface area contributed by atoms with E-state index < -0.39 is 10.0 Å². The topological polar surface area (TPSA) is 66.9 Å². The second-order valence-corrected chi connectivity index (χ2v) is 10.4. The fourth-order valence-corrected chi connectivity index (χ4v) is 5.56. The number of hydrogen-bond acceptors (Lipinski definition) is 4. The Morgan fingerprint density at radius 1 is 1.06 bits per heavy atom. The van der Waals surface area contributed by atoms with Crippen LogP contribution in [0.25, 0.3) is 0 Å². The molecule has 0 radical (unpaired) electrons. The highest BCUT2D eigenvalue weighted by atomic mass is 79.9. The first-order valence-electron chi connectivity index (χ1n) is 10.2. The second kappa shape index (κ2) is 9.44. The molecule has 0 saturated carbocycles. The molecule has 3 aromatic carbocycles. The van der Waals surface area contributed by atoms with Crippen molar-refractivity contribution >= 4 is 37.5 Å². The summed E-state index contributed by atoms with van der Waals surface area (Å²) in [5.74, 6) is 0.313. The lowest BCUT2D eigenvalue weighted by molar-refractivity contribution is -0.118. The van der Waals surface area contributed by atoms with Crippen LogP contribution in [-0.2, 0) is 27.8 Å². The largest absolute Gasteiger partial charge is 0.497 e. The number of ether oxygens (including phenoxy) is 1. The molecule has 0 bridgehead atoms. The fraction of sp³-hybridized carbons (Fsp3) is 0.208. The summed E-state index contributed by atoms with van der Waals surface area (Å²) in [5.41, 5.74) is 2.71. The smallest absolute Gasteiger partial charge is 0.243 e. The number of halogens is 1. The molecule has 8 heteroatoms. The maximum atomic E-state index is 13.5. The van der Waals surface area contributed by atoms with E-state index in [9.17, 15) is 13.2 Å². The molecular formula is C24H23BrN2O4S. The number of anilines is 1. The molecule has 1 aliphatic rings. The van der Waals surface area contributed by atoms with Gasteiger partial charge in [-0.25, -0.2) is 8.42 Å². The van der Waals surface area contributed by atoms with Gasteiger partial charge in [-0.3, -0.25) is 4.79 Å². The van der Waals surface area contributed by atoms with Crippen LogP contribution in [0, 0.1) is 0 Å². The fourth-order valence-electron chi connectivity index (χ4n) is 3.78. The molecule has 4 rings (SSSR count). The highest BCUT2D eigenvalue weighted by Gasteiger charge is 2.31. The average Bonchev–Trinajstić information content (AvgIpc) is 3.22. The number of methoxy groups -OCH3 is 1. The first-order chi connectivity index (χ1) is 15.4. The van der Waals surface area contributed by atoms with Gasteiger partial charge < -0.3 is 9.64 Å².